The molecule has 2 unspecified atom stereocenters. The highest BCUT2D eigenvalue weighted by molar-refractivity contribution is 9.09. The zero-order valence-corrected chi connectivity index (χ0v) is 38.3. The van der Waals surface area contributed by atoms with Crippen molar-refractivity contribution in [3.8, 4) is 11.3 Å². The van der Waals surface area contributed by atoms with Crippen LogP contribution in [0.15, 0.2) is 36.5 Å². The molecule has 4 atom stereocenters. The van der Waals surface area contributed by atoms with E-state index in [0.29, 0.717) is 57.1 Å². The van der Waals surface area contributed by atoms with E-state index in [1.807, 2.05) is 33.9 Å². The van der Waals surface area contributed by atoms with Gasteiger partial charge in [-0.3, -0.25) is 14.5 Å². The molecule has 3 aliphatic heterocycles. The van der Waals surface area contributed by atoms with Crippen molar-refractivity contribution in [3.05, 3.63) is 53.5 Å². The third-order valence-corrected chi connectivity index (χ3v) is 14.8. The molecule has 2 bridgehead atoms. The molecular weight excluding hydrogens is 799 g/mol. The molecule has 1 spiro atoms. The van der Waals surface area contributed by atoms with Gasteiger partial charge in [-0.15, -0.1) is 0 Å². The number of rotatable bonds is 19. The number of hydrogen-bond acceptors (Lipinski definition) is 7. The number of Topliss-reactive ketones (excluding diaryl/α,β-unsaturated/α-hetero) is 1. The predicted molar refractivity (Wildman–Crippen MR) is 233 cm³/mol. The highest BCUT2D eigenvalue weighted by atomic mass is 79.9. The Morgan fingerprint density at radius 3 is 2.47 bits per heavy atom. The highest BCUT2D eigenvalue weighted by Crippen LogP contribution is 2.60. The van der Waals surface area contributed by atoms with E-state index in [9.17, 15) is 14.4 Å². The van der Waals surface area contributed by atoms with Crippen molar-refractivity contribution in [2.75, 3.05) is 31.6 Å². The van der Waals surface area contributed by atoms with Crippen LogP contribution in [0.25, 0.3) is 11.3 Å². The lowest BCUT2D eigenvalue weighted by Gasteiger charge is -2.34. The Morgan fingerprint density at radius 2 is 1.79 bits per heavy atom. The number of carbonyl (C=O) groups excluding carboxylic acids is 3. The molecule has 2 aromatic rings. The molecule has 4 heterocycles. The highest BCUT2D eigenvalue weighted by Gasteiger charge is 2.59. The van der Waals surface area contributed by atoms with E-state index in [0.717, 1.165) is 79.9 Å². The Morgan fingerprint density at radius 1 is 1.05 bits per heavy atom. The van der Waals surface area contributed by atoms with Crippen molar-refractivity contribution in [3.63, 3.8) is 0 Å². The summed E-state index contributed by atoms with van der Waals surface area (Å²) in [5, 5.41) is 4.37. The van der Waals surface area contributed by atoms with Crippen LogP contribution in [0.2, 0.25) is 25.7 Å². The molecule has 3 fully saturated rings. The number of amides is 2. The van der Waals surface area contributed by atoms with Gasteiger partial charge in [0.1, 0.15) is 23.9 Å². The summed E-state index contributed by atoms with van der Waals surface area (Å²) in [5.74, 6) is 1.12. The molecule has 1 saturated carbocycles. The summed E-state index contributed by atoms with van der Waals surface area (Å²) in [6.45, 7) is 17.9. The minimum absolute atomic E-state index is 0.0735. The number of hydrogen-bond donors (Lipinski definition) is 1. The van der Waals surface area contributed by atoms with E-state index in [1.165, 1.54) is 24.0 Å². The lowest BCUT2D eigenvalue weighted by atomic mass is 9.90. The zero-order valence-electron chi connectivity index (χ0n) is 35.7. The number of aromatic nitrogens is 2. The Labute approximate surface area is 351 Å². The summed E-state index contributed by atoms with van der Waals surface area (Å²) < 4.78 is 14.3. The first kappa shape index (κ1) is 43.8. The van der Waals surface area contributed by atoms with Gasteiger partial charge in [0.05, 0.1) is 17.9 Å². The SMILES string of the molecule is CCC(=O)CCCCC[C@H](NC(=O)[C@H]1CC12CCN(C(=O)OC(C)(C)C)CC2)c1ncc(-c2ccc3c(c2)C2CCC3N2C/C=C/CBr)n1COCC[Si](C)(C)C. The van der Waals surface area contributed by atoms with Gasteiger partial charge in [-0.05, 0) is 94.4 Å². The lowest BCUT2D eigenvalue weighted by molar-refractivity contribution is -0.124. The first-order valence-electron chi connectivity index (χ1n) is 21.7. The third kappa shape index (κ3) is 10.9. The van der Waals surface area contributed by atoms with Crippen molar-refractivity contribution in [1.82, 2.24) is 24.7 Å². The largest absolute Gasteiger partial charge is 0.444 e. The number of imidazole rings is 1. The van der Waals surface area contributed by atoms with Gasteiger partial charge in [-0.2, -0.15) is 0 Å². The second-order valence-corrected chi connectivity index (χ2v) is 25.5. The first-order chi connectivity index (χ1) is 27.1. The number of ether oxygens (including phenoxy) is 2. The number of carbonyl (C=O) groups is 3. The predicted octanol–water partition coefficient (Wildman–Crippen LogP) is 10.1. The van der Waals surface area contributed by atoms with Gasteiger partial charge >= 0.3 is 6.09 Å². The van der Waals surface area contributed by atoms with Crippen LogP contribution in [0.4, 0.5) is 4.79 Å². The number of allylic oxidation sites excluding steroid dienone is 1. The molecule has 1 aromatic heterocycles. The summed E-state index contributed by atoms with van der Waals surface area (Å²) in [7, 11) is -1.31. The molecule has 12 heteroatoms. The van der Waals surface area contributed by atoms with Gasteiger partial charge < -0.3 is 24.3 Å². The maximum Gasteiger partial charge on any atom is 0.410 e. The zero-order chi connectivity index (χ0) is 41.0. The number of nitrogens with one attached hydrogen (secondary N) is 1. The number of nitrogens with zero attached hydrogens (tertiary/aromatic N) is 4. The molecule has 314 valence electrons. The van der Waals surface area contributed by atoms with E-state index in [1.54, 1.807) is 4.90 Å². The first-order valence-corrected chi connectivity index (χ1v) is 26.5. The summed E-state index contributed by atoms with van der Waals surface area (Å²) in [4.78, 5) is 48.6. The quantitative estimate of drug-likeness (QED) is 0.0649. The number of halogens is 1. The lowest BCUT2D eigenvalue weighted by Crippen LogP contribution is -2.43. The van der Waals surface area contributed by atoms with Gasteiger partial charge in [-0.1, -0.05) is 79.6 Å². The average Bonchev–Trinajstić information content (AvgIpc) is 3.41. The van der Waals surface area contributed by atoms with Gasteiger partial charge in [0.15, 0.2) is 0 Å². The molecule has 0 radical (unpaired) electrons. The summed E-state index contributed by atoms with van der Waals surface area (Å²) in [6.07, 6.45) is 15.5. The summed E-state index contributed by atoms with van der Waals surface area (Å²) in [6, 6.07) is 8.62. The standard InChI is InChI=1S/C45H68BrN5O5Si/c1-8-33(52)14-10-9-11-15-37(48-42(53)36-29-45(36)20-24-49(25-21-45)43(54)56-44(2,3)4)41-47-30-40(51(41)31-55-26-27-57(5,6)7)32-16-17-34-35(28-32)39-19-18-38(34)50(39)23-13-12-22-46/h12-13,16-17,28,30,36-39H,8-11,14-15,18-27,29,31H2,1-7H3,(H,48,53)/b13-12+/t36-,37+,38?,39?/m1/s1. The second kappa shape index (κ2) is 18.6. The van der Waals surface area contributed by atoms with Crippen LogP contribution in [0.5, 0.6) is 0 Å². The number of likely N-dealkylation sites (tertiary alicyclic amines) is 1. The number of alkyl halides is 1. The van der Waals surface area contributed by atoms with Gasteiger partial charge in [0, 0.05) is 76.1 Å². The molecule has 57 heavy (non-hydrogen) atoms. The minimum Gasteiger partial charge on any atom is -0.444 e. The molecule has 2 saturated heterocycles. The second-order valence-electron chi connectivity index (χ2n) is 19.2. The fraction of sp³-hybridized carbons (Fsp3) is 0.689. The number of piperidine rings is 1. The van der Waals surface area contributed by atoms with Gasteiger partial charge in [-0.25, -0.2) is 9.78 Å². The van der Waals surface area contributed by atoms with Crippen molar-refractivity contribution in [1.29, 1.82) is 0 Å². The van der Waals surface area contributed by atoms with E-state index in [4.69, 9.17) is 14.5 Å². The van der Waals surface area contributed by atoms with Crippen LogP contribution in [0.3, 0.4) is 0 Å². The Bertz CT molecular complexity index is 1760. The van der Waals surface area contributed by atoms with E-state index in [2.05, 4.69) is 80.7 Å². The monoisotopic (exact) mass is 865 g/mol. The molecule has 2 amide bonds. The third-order valence-electron chi connectivity index (χ3n) is 12.7. The van der Waals surface area contributed by atoms with Crippen LogP contribution < -0.4 is 5.32 Å². The van der Waals surface area contributed by atoms with Gasteiger partial charge in [0.25, 0.3) is 0 Å². The Kier molecular flexibility index (Phi) is 14.3. The van der Waals surface area contributed by atoms with Crippen LogP contribution in [0.1, 0.15) is 133 Å². The summed E-state index contributed by atoms with van der Waals surface area (Å²) >= 11 is 3.53. The molecule has 1 aromatic carbocycles. The number of unbranched alkanes of at least 4 members (excludes halogenated alkanes) is 2. The Balaban J connectivity index is 1.23. The van der Waals surface area contributed by atoms with Crippen LogP contribution in [-0.4, -0.2) is 82.4 Å². The molecule has 1 aliphatic carbocycles. The van der Waals surface area contributed by atoms with Gasteiger partial charge in [0.2, 0.25) is 5.91 Å². The topological polar surface area (TPSA) is 106 Å². The normalized spacial score (nSPS) is 22.0. The van der Waals surface area contributed by atoms with Crippen LogP contribution >= 0.6 is 15.9 Å². The Hall–Kier alpha value is -2.80. The smallest absolute Gasteiger partial charge is 0.410 e. The molecule has 4 aliphatic rings. The molecule has 6 rings (SSSR count). The fourth-order valence-corrected chi connectivity index (χ4v) is 10.3. The average molecular weight is 867 g/mol. The van der Waals surface area contributed by atoms with E-state index >= 15 is 0 Å². The maximum atomic E-state index is 14.2. The molecule has 10 nitrogen and oxygen atoms in total. The van der Waals surface area contributed by atoms with Crippen LogP contribution in [-0.2, 0) is 25.8 Å². The minimum atomic E-state index is -1.31. The fourth-order valence-electron chi connectivity index (χ4n) is 9.24. The van der Waals surface area contributed by atoms with Crippen molar-refractivity contribution >= 4 is 41.8 Å². The number of ketones is 1. The molecule has 1 N–H and O–H groups in total. The summed E-state index contributed by atoms with van der Waals surface area (Å²) in [5.41, 5.74) is 4.40. The van der Waals surface area contributed by atoms with Crippen molar-refractivity contribution < 1.29 is 23.9 Å². The van der Waals surface area contributed by atoms with Crippen molar-refractivity contribution in [2.45, 2.75) is 154 Å². The van der Waals surface area contributed by atoms with E-state index < -0.39 is 13.7 Å². The molecular formula is C45H68BrN5O5Si. The number of fused-ring (bicyclic) bond motifs is 5. The van der Waals surface area contributed by atoms with Crippen molar-refractivity contribution in [2.24, 2.45) is 11.3 Å². The van der Waals surface area contributed by atoms with E-state index in [-0.39, 0.29) is 29.4 Å². The van der Waals surface area contributed by atoms with Crippen LogP contribution in [0, 0.1) is 11.3 Å². The maximum absolute atomic E-state index is 14.2. The number of benzene rings is 1.